The second-order valence-corrected chi connectivity index (χ2v) is 11.0. The van der Waals surface area contributed by atoms with Gasteiger partial charge in [-0.05, 0) is 42.7 Å². The molecule has 0 bridgehead atoms. The number of cyclic esters (lactones) is 1. The molecular formula is C31H28F2N6O5. The van der Waals surface area contributed by atoms with E-state index in [0.29, 0.717) is 16.9 Å². The fourth-order valence-corrected chi connectivity index (χ4v) is 5.86. The number of carbonyl (C=O) groups excluding carboxylic acids is 2. The number of aryl methyl sites for hydroxylation is 1. The van der Waals surface area contributed by atoms with Crippen LogP contribution >= 0.6 is 0 Å². The Bertz CT molecular complexity index is 1920. The van der Waals surface area contributed by atoms with E-state index in [1.54, 1.807) is 24.1 Å². The number of hydrogen-bond donors (Lipinski definition) is 1. The molecule has 226 valence electrons. The van der Waals surface area contributed by atoms with Crippen molar-refractivity contribution < 1.29 is 28.2 Å². The topological polar surface area (TPSA) is 131 Å². The number of aromatic hydroxyl groups is 1. The molecule has 6 rings (SSSR count). The van der Waals surface area contributed by atoms with Crippen molar-refractivity contribution in [2.75, 3.05) is 31.1 Å². The molecule has 11 nitrogen and oxygen atoms in total. The predicted octanol–water partition coefficient (Wildman–Crippen LogP) is 3.63. The van der Waals surface area contributed by atoms with Crippen molar-refractivity contribution in [3.63, 3.8) is 0 Å². The molecule has 1 saturated heterocycles. The first kappa shape index (κ1) is 28.9. The minimum atomic E-state index is -1.25. The zero-order valence-electron chi connectivity index (χ0n) is 24.2. The molecule has 0 radical (unpaired) electrons. The molecule has 3 aromatic heterocycles. The third-order valence-electron chi connectivity index (χ3n) is 7.95. The fourth-order valence-electron chi connectivity index (χ4n) is 5.86. The summed E-state index contributed by atoms with van der Waals surface area (Å²) in [6.07, 6.45) is 2.77. The second kappa shape index (κ2) is 10.8. The van der Waals surface area contributed by atoms with Gasteiger partial charge in [-0.25, -0.2) is 27.9 Å². The molecule has 0 spiro atoms. The van der Waals surface area contributed by atoms with E-state index in [2.05, 4.69) is 21.5 Å². The van der Waals surface area contributed by atoms with Crippen molar-refractivity contribution in [3.05, 3.63) is 82.1 Å². The van der Waals surface area contributed by atoms with Crippen LogP contribution in [0.5, 0.6) is 5.75 Å². The van der Waals surface area contributed by atoms with Gasteiger partial charge in [0.25, 0.3) is 0 Å². The fraction of sp³-hybridized carbons (Fsp3) is 0.290. The molecule has 5 heterocycles. The average molecular weight is 603 g/mol. The van der Waals surface area contributed by atoms with Crippen molar-refractivity contribution in [3.8, 4) is 22.7 Å². The van der Waals surface area contributed by atoms with E-state index in [-0.39, 0.29) is 54.9 Å². The maximum atomic E-state index is 16.5. The standard InChI is InChI=1S/C31H28F2N6O5/c1-5-20(41)37-11-12-38-17(13-37)14-44-30(42)22-23-28(38)36-31(43)39(27-16(4)9-10-34-25(27)15(2)3)29(23)35-26(24(22)33)21-18(32)7-6-8-19(21)40/h5-10,15,17,40H,1,11-14H2,2-4H3. The Labute approximate surface area is 250 Å². The molecule has 44 heavy (non-hydrogen) atoms. The molecule has 1 atom stereocenters. The molecule has 2 aliphatic heterocycles. The van der Waals surface area contributed by atoms with Gasteiger partial charge in [0.15, 0.2) is 11.5 Å². The number of aromatic nitrogens is 4. The normalized spacial score (nSPS) is 16.4. The first-order chi connectivity index (χ1) is 21.0. The van der Waals surface area contributed by atoms with Crippen molar-refractivity contribution in [1.29, 1.82) is 0 Å². The Morgan fingerprint density at radius 2 is 1.93 bits per heavy atom. The summed E-state index contributed by atoms with van der Waals surface area (Å²) in [5, 5.41) is 10.5. The third kappa shape index (κ3) is 4.46. The van der Waals surface area contributed by atoms with Crippen molar-refractivity contribution in [2.24, 2.45) is 0 Å². The molecule has 0 aliphatic carbocycles. The molecule has 0 saturated carbocycles. The van der Waals surface area contributed by atoms with Crippen LogP contribution in [0, 0.1) is 18.6 Å². The van der Waals surface area contributed by atoms with Crippen LogP contribution in [0.2, 0.25) is 0 Å². The third-order valence-corrected chi connectivity index (χ3v) is 7.95. The first-order valence-electron chi connectivity index (χ1n) is 14.0. The number of esters is 1. The molecule has 13 heteroatoms. The van der Waals surface area contributed by atoms with E-state index >= 15 is 8.78 Å². The zero-order valence-corrected chi connectivity index (χ0v) is 24.2. The highest BCUT2D eigenvalue weighted by atomic mass is 19.1. The number of rotatable bonds is 4. The van der Waals surface area contributed by atoms with E-state index in [0.717, 1.165) is 16.7 Å². The number of anilines is 1. The highest BCUT2D eigenvalue weighted by molar-refractivity contribution is 6.09. The number of amides is 1. The van der Waals surface area contributed by atoms with E-state index in [4.69, 9.17) is 4.74 Å². The molecule has 1 fully saturated rings. The van der Waals surface area contributed by atoms with Crippen LogP contribution < -0.4 is 10.6 Å². The summed E-state index contributed by atoms with van der Waals surface area (Å²) in [6, 6.07) is 4.48. The number of benzene rings is 1. The van der Waals surface area contributed by atoms with Crippen LogP contribution in [0.15, 0.2) is 47.9 Å². The lowest BCUT2D eigenvalue weighted by Crippen LogP contribution is -2.57. The summed E-state index contributed by atoms with van der Waals surface area (Å²) in [5.74, 6) is -4.47. The molecule has 1 unspecified atom stereocenters. The van der Waals surface area contributed by atoms with Crippen LogP contribution in [0.4, 0.5) is 14.6 Å². The smallest absolute Gasteiger partial charge is 0.355 e. The van der Waals surface area contributed by atoms with E-state index in [9.17, 15) is 19.5 Å². The van der Waals surface area contributed by atoms with Gasteiger partial charge in [-0.1, -0.05) is 26.5 Å². The van der Waals surface area contributed by atoms with Gasteiger partial charge < -0.3 is 19.6 Å². The summed E-state index contributed by atoms with van der Waals surface area (Å²) in [7, 11) is 0. The summed E-state index contributed by atoms with van der Waals surface area (Å²) in [6.45, 7) is 9.32. The van der Waals surface area contributed by atoms with E-state index < -0.39 is 51.9 Å². The molecule has 4 aromatic rings. The van der Waals surface area contributed by atoms with Crippen molar-refractivity contribution >= 4 is 28.7 Å². The minimum Gasteiger partial charge on any atom is -0.507 e. The number of phenols is 1. The molecule has 1 N–H and O–H groups in total. The van der Waals surface area contributed by atoms with Crippen molar-refractivity contribution in [1.82, 2.24) is 24.4 Å². The van der Waals surface area contributed by atoms with Gasteiger partial charge in [0.2, 0.25) is 5.91 Å². The maximum absolute atomic E-state index is 16.5. The lowest BCUT2D eigenvalue weighted by Gasteiger charge is -2.42. The van der Waals surface area contributed by atoms with Crippen molar-refractivity contribution in [2.45, 2.75) is 32.7 Å². The van der Waals surface area contributed by atoms with Gasteiger partial charge in [0, 0.05) is 25.8 Å². The predicted molar refractivity (Wildman–Crippen MR) is 157 cm³/mol. The number of pyridine rings is 2. The van der Waals surface area contributed by atoms with Crippen LogP contribution in [0.3, 0.4) is 0 Å². The Kier molecular flexibility index (Phi) is 7.10. The van der Waals surface area contributed by atoms with Gasteiger partial charge in [-0.3, -0.25) is 9.78 Å². The lowest BCUT2D eigenvalue weighted by molar-refractivity contribution is -0.126. The SMILES string of the molecule is C=CC(=O)N1CCN2c3nc(=O)n(-c4c(C)ccnc4C(C)C)c4nc(-c5c(O)cccc5F)c(F)c(c34)C(=O)OCC2C1. The van der Waals surface area contributed by atoms with Crippen LogP contribution in [0.1, 0.15) is 41.4 Å². The summed E-state index contributed by atoms with van der Waals surface area (Å²) in [5.41, 5.74) is -1.42. The number of ether oxygens (including phenoxy) is 1. The molecule has 1 aromatic carbocycles. The Morgan fingerprint density at radius 3 is 2.64 bits per heavy atom. The highest BCUT2D eigenvalue weighted by Crippen LogP contribution is 2.40. The van der Waals surface area contributed by atoms with E-state index in [1.165, 1.54) is 17.0 Å². The Morgan fingerprint density at radius 1 is 1.16 bits per heavy atom. The summed E-state index contributed by atoms with van der Waals surface area (Å²) in [4.78, 5) is 56.6. The molecule has 2 aliphatic rings. The Hall–Kier alpha value is -5.20. The number of fused-ring (bicyclic) bond motifs is 2. The second-order valence-electron chi connectivity index (χ2n) is 11.0. The number of nitrogens with zero attached hydrogens (tertiary/aromatic N) is 6. The van der Waals surface area contributed by atoms with E-state index in [1.807, 2.05) is 13.8 Å². The maximum Gasteiger partial charge on any atom is 0.355 e. The molecule has 1 amide bonds. The minimum absolute atomic E-state index is 0.0213. The zero-order chi connectivity index (χ0) is 31.4. The first-order valence-corrected chi connectivity index (χ1v) is 14.0. The lowest BCUT2D eigenvalue weighted by atomic mass is 10.0. The van der Waals surface area contributed by atoms with Crippen LogP contribution in [-0.2, 0) is 9.53 Å². The number of phenolic OH excluding ortho intramolecular Hbond substituents is 1. The Balaban J connectivity index is 1.76. The number of piperazine rings is 1. The quantitative estimate of drug-likeness (QED) is 0.275. The number of hydrogen-bond acceptors (Lipinski definition) is 9. The van der Waals surface area contributed by atoms with Gasteiger partial charge in [-0.2, -0.15) is 4.98 Å². The summed E-state index contributed by atoms with van der Waals surface area (Å²) >= 11 is 0. The monoisotopic (exact) mass is 602 g/mol. The van der Waals surface area contributed by atoms with Crippen LogP contribution in [0.25, 0.3) is 28.0 Å². The van der Waals surface area contributed by atoms with Gasteiger partial charge in [-0.15, -0.1) is 0 Å². The van der Waals surface area contributed by atoms with Gasteiger partial charge in [0.1, 0.15) is 35.2 Å². The van der Waals surface area contributed by atoms with Gasteiger partial charge in [0.05, 0.1) is 28.4 Å². The van der Waals surface area contributed by atoms with Crippen LogP contribution in [-0.4, -0.2) is 73.7 Å². The number of halogens is 2. The number of carbonyl (C=O) groups is 2. The summed E-state index contributed by atoms with van der Waals surface area (Å²) < 4.78 is 38.4. The average Bonchev–Trinajstić information content (AvgIpc) is 2.99. The molecular weight excluding hydrogens is 574 g/mol. The van der Waals surface area contributed by atoms with Gasteiger partial charge >= 0.3 is 11.7 Å². The highest BCUT2D eigenvalue weighted by Gasteiger charge is 2.39. The largest absolute Gasteiger partial charge is 0.507 e.